The third-order valence-electron chi connectivity index (χ3n) is 6.33. The van der Waals surface area contributed by atoms with Crippen LogP contribution in [0.3, 0.4) is 0 Å². The number of carbonyl (C=O) groups is 1. The second-order valence-electron chi connectivity index (χ2n) is 8.48. The molecule has 2 aliphatic heterocycles. The molecule has 0 bridgehead atoms. The summed E-state index contributed by atoms with van der Waals surface area (Å²) >= 11 is 0. The van der Waals surface area contributed by atoms with E-state index in [1.807, 2.05) is 0 Å². The molecule has 10 heteroatoms. The normalized spacial score (nSPS) is 19.3. The lowest BCUT2D eigenvalue weighted by molar-refractivity contribution is 0.0697. The van der Waals surface area contributed by atoms with Crippen LogP contribution in [0.2, 0.25) is 0 Å². The minimum atomic E-state index is -0.639. The highest BCUT2D eigenvalue weighted by Crippen LogP contribution is 2.29. The summed E-state index contributed by atoms with van der Waals surface area (Å²) in [6.45, 7) is 3.87. The predicted octanol–water partition coefficient (Wildman–Crippen LogP) is 1.26. The third-order valence-corrected chi connectivity index (χ3v) is 6.33. The van der Waals surface area contributed by atoms with Crippen LogP contribution >= 0.6 is 0 Å². The molecule has 0 spiro atoms. The first-order valence-electron chi connectivity index (χ1n) is 10.9. The largest absolute Gasteiger partial charge is 0.337 e. The number of aromatic amines is 2. The standard InChI is InChI=1S/C21H25N7O3/c1-12-10-14(22-17-16(12)19(29)24-21(31)23-17)20(30)27-8-5-6-13(11-27)18-26-25-15-7-3-2-4-9-28(15)18/h10,13H,2-9,11H2,1H3,(H2,22,23,24,29,31). The number of nitrogens with zero attached hydrogens (tertiary/aromatic N) is 5. The molecule has 1 amide bonds. The number of amides is 1. The van der Waals surface area contributed by atoms with Crippen LogP contribution in [0.4, 0.5) is 0 Å². The van der Waals surface area contributed by atoms with Gasteiger partial charge in [-0.15, -0.1) is 10.2 Å². The van der Waals surface area contributed by atoms with Crippen LogP contribution in [0.25, 0.3) is 11.0 Å². The average molecular weight is 423 g/mol. The SMILES string of the molecule is Cc1cc(C(=O)N2CCCC(c3nnc4n3CCCCC4)C2)nc2[nH]c(=O)[nH]c(=O)c12. The van der Waals surface area contributed by atoms with E-state index in [1.54, 1.807) is 17.9 Å². The van der Waals surface area contributed by atoms with E-state index in [4.69, 9.17) is 0 Å². The van der Waals surface area contributed by atoms with Crippen LogP contribution < -0.4 is 11.2 Å². The zero-order valence-electron chi connectivity index (χ0n) is 17.5. The van der Waals surface area contributed by atoms with Crippen LogP contribution in [-0.2, 0) is 13.0 Å². The molecule has 0 radical (unpaired) electrons. The fraction of sp³-hybridized carbons (Fsp3) is 0.524. The first-order valence-corrected chi connectivity index (χ1v) is 10.9. The van der Waals surface area contributed by atoms with Gasteiger partial charge in [0.1, 0.15) is 23.0 Å². The number of aromatic nitrogens is 6. The Balaban J connectivity index is 1.43. The number of carbonyl (C=O) groups excluding carboxylic acids is 1. The molecule has 3 aromatic rings. The van der Waals surface area contributed by atoms with Crippen molar-refractivity contribution in [1.29, 1.82) is 0 Å². The van der Waals surface area contributed by atoms with E-state index in [9.17, 15) is 14.4 Å². The van der Waals surface area contributed by atoms with Gasteiger partial charge < -0.3 is 9.47 Å². The van der Waals surface area contributed by atoms with Crippen molar-refractivity contribution >= 4 is 16.9 Å². The lowest BCUT2D eigenvalue weighted by Crippen LogP contribution is -2.40. The Hall–Kier alpha value is -3.30. The molecule has 2 aliphatic rings. The number of aryl methyl sites for hydroxylation is 2. The minimum absolute atomic E-state index is 0.133. The molecule has 10 nitrogen and oxygen atoms in total. The maximum atomic E-state index is 13.3. The van der Waals surface area contributed by atoms with E-state index in [0.717, 1.165) is 50.3 Å². The molecule has 0 aromatic carbocycles. The molecule has 2 N–H and O–H groups in total. The van der Waals surface area contributed by atoms with Crippen LogP contribution in [0.5, 0.6) is 0 Å². The van der Waals surface area contributed by atoms with Crippen molar-refractivity contribution in [2.24, 2.45) is 0 Å². The van der Waals surface area contributed by atoms with Gasteiger partial charge in [-0.25, -0.2) is 9.78 Å². The van der Waals surface area contributed by atoms with E-state index in [-0.39, 0.29) is 23.2 Å². The Morgan fingerprint density at radius 1 is 1.10 bits per heavy atom. The molecular formula is C21H25N7O3. The fourth-order valence-corrected chi connectivity index (χ4v) is 4.81. The fourth-order valence-electron chi connectivity index (χ4n) is 4.81. The van der Waals surface area contributed by atoms with Crippen LogP contribution in [0.1, 0.15) is 65.7 Å². The highest BCUT2D eigenvalue weighted by Gasteiger charge is 2.30. The van der Waals surface area contributed by atoms with Gasteiger partial charge in [-0.1, -0.05) is 6.42 Å². The minimum Gasteiger partial charge on any atom is -0.337 e. The second kappa shape index (κ2) is 7.75. The van der Waals surface area contributed by atoms with Crippen molar-refractivity contribution in [2.75, 3.05) is 13.1 Å². The molecule has 1 unspecified atom stereocenters. The first-order chi connectivity index (χ1) is 15.0. The molecule has 5 heterocycles. The van der Waals surface area contributed by atoms with Crippen LogP contribution in [0, 0.1) is 6.92 Å². The number of rotatable bonds is 2. The van der Waals surface area contributed by atoms with E-state index >= 15 is 0 Å². The summed E-state index contributed by atoms with van der Waals surface area (Å²) in [6.07, 6.45) is 6.28. The summed E-state index contributed by atoms with van der Waals surface area (Å²) in [4.78, 5) is 47.8. The van der Waals surface area contributed by atoms with Gasteiger partial charge in [0.25, 0.3) is 11.5 Å². The molecular weight excluding hydrogens is 398 g/mol. The van der Waals surface area contributed by atoms with Gasteiger partial charge >= 0.3 is 5.69 Å². The van der Waals surface area contributed by atoms with Gasteiger partial charge in [-0.3, -0.25) is 19.6 Å². The molecule has 0 aliphatic carbocycles. The summed E-state index contributed by atoms with van der Waals surface area (Å²) in [6, 6.07) is 1.62. The smallest absolute Gasteiger partial charge is 0.327 e. The van der Waals surface area contributed by atoms with E-state index in [0.29, 0.717) is 24.0 Å². The van der Waals surface area contributed by atoms with Gasteiger partial charge in [0.15, 0.2) is 0 Å². The van der Waals surface area contributed by atoms with Crippen molar-refractivity contribution in [3.05, 3.63) is 49.8 Å². The highest BCUT2D eigenvalue weighted by molar-refractivity contribution is 5.95. The predicted molar refractivity (Wildman–Crippen MR) is 113 cm³/mol. The maximum Gasteiger partial charge on any atom is 0.327 e. The number of fused-ring (bicyclic) bond motifs is 2. The Kier molecular flexibility index (Phi) is 4.91. The van der Waals surface area contributed by atoms with Gasteiger partial charge in [0.05, 0.1) is 5.39 Å². The Morgan fingerprint density at radius 3 is 2.84 bits per heavy atom. The first kappa shape index (κ1) is 19.7. The molecule has 31 heavy (non-hydrogen) atoms. The number of piperidine rings is 1. The van der Waals surface area contributed by atoms with Gasteiger partial charge in [0, 0.05) is 32.0 Å². The zero-order valence-corrected chi connectivity index (χ0v) is 17.5. The molecule has 1 fully saturated rings. The van der Waals surface area contributed by atoms with Crippen LogP contribution in [0.15, 0.2) is 15.7 Å². The molecule has 0 saturated carbocycles. The number of hydrogen-bond acceptors (Lipinski definition) is 6. The monoisotopic (exact) mass is 423 g/mol. The number of H-pyrrole nitrogens is 2. The quantitative estimate of drug-likeness (QED) is 0.638. The third kappa shape index (κ3) is 3.55. The summed E-state index contributed by atoms with van der Waals surface area (Å²) in [5.41, 5.74) is -0.185. The maximum absolute atomic E-state index is 13.3. The Labute approximate surface area is 177 Å². The summed E-state index contributed by atoms with van der Waals surface area (Å²) < 4.78 is 2.25. The van der Waals surface area contributed by atoms with Crippen molar-refractivity contribution in [3.8, 4) is 0 Å². The number of pyridine rings is 1. The zero-order chi connectivity index (χ0) is 21.5. The van der Waals surface area contributed by atoms with Crippen molar-refractivity contribution in [2.45, 2.75) is 57.9 Å². The molecule has 162 valence electrons. The van der Waals surface area contributed by atoms with Gasteiger partial charge in [-0.05, 0) is 44.2 Å². The van der Waals surface area contributed by atoms with E-state index in [1.165, 1.54) is 6.42 Å². The van der Waals surface area contributed by atoms with E-state index in [2.05, 4.69) is 29.7 Å². The molecule has 3 aromatic heterocycles. The second-order valence-corrected chi connectivity index (χ2v) is 8.48. The lowest BCUT2D eigenvalue weighted by atomic mass is 9.96. The van der Waals surface area contributed by atoms with Crippen molar-refractivity contribution < 1.29 is 4.79 Å². The van der Waals surface area contributed by atoms with Gasteiger partial charge in [-0.2, -0.15) is 0 Å². The van der Waals surface area contributed by atoms with E-state index < -0.39 is 11.2 Å². The Morgan fingerprint density at radius 2 is 1.97 bits per heavy atom. The highest BCUT2D eigenvalue weighted by atomic mass is 16.2. The molecule has 1 saturated heterocycles. The summed E-state index contributed by atoms with van der Waals surface area (Å²) in [7, 11) is 0. The van der Waals surface area contributed by atoms with Crippen LogP contribution in [-0.4, -0.2) is 53.6 Å². The number of hydrogen-bond donors (Lipinski definition) is 2. The lowest BCUT2D eigenvalue weighted by Gasteiger charge is -2.32. The summed E-state index contributed by atoms with van der Waals surface area (Å²) in [5, 5.41) is 9.19. The molecule has 5 rings (SSSR count). The van der Waals surface area contributed by atoms with Gasteiger partial charge in [0.2, 0.25) is 0 Å². The average Bonchev–Trinajstić information content (AvgIpc) is 3.00. The number of nitrogens with one attached hydrogen (secondary N) is 2. The summed E-state index contributed by atoms with van der Waals surface area (Å²) in [5.74, 6) is 1.97. The number of likely N-dealkylation sites (tertiary alicyclic amines) is 1. The van der Waals surface area contributed by atoms with Crippen molar-refractivity contribution in [1.82, 2.24) is 34.6 Å². The topological polar surface area (TPSA) is 130 Å². The Bertz CT molecular complexity index is 1270. The molecule has 1 atom stereocenters. The van der Waals surface area contributed by atoms with Crippen molar-refractivity contribution in [3.63, 3.8) is 0 Å².